The number of carbonyl (C=O) groups excluding carboxylic acids is 2. The van der Waals surface area contributed by atoms with E-state index in [0.29, 0.717) is 6.42 Å². The molecular formula is C21H24N2O3. The third kappa shape index (κ3) is 3.07. The van der Waals surface area contributed by atoms with Crippen LogP contribution in [0.4, 0.5) is 0 Å². The van der Waals surface area contributed by atoms with Crippen LogP contribution in [0, 0.1) is 5.92 Å². The summed E-state index contributed by atoms with van der Waals surface area (Å²) in [6.45, 7) is 2.80. The van der Waals surface area contributed by atoms with E-state index >= 15 is 0 Å². The number of amides is 1. The number of fused-ring (bicyclic) bond motifs is 1. The molecule has 1 amide bonds. The quantitative estimate of drug-likeness (QED) is 0.781. The Hall–Kier alpha value is -2.40. The fourth-order valence-electron chi connectivity index (χ4n) is 4.22. The molecule has 3 aliphatic rings. The second-order valence-electron chi connectivity index (χ2n) is 7.20. The van der Waals surface area contributed by atoms with Crippen LogP contribution in [0.15, 0.2) is 53.9 Å². The van der Waals surface area contributed by atoms with Gasteiger partial charge in [-0.05, 0) is 30.9 Å². The number of allylic oxidation sites excluding steroid dienone is 3. The Kier molecular flexibility index (Phi) is 4.64. The van der Waals surface area contributed by atoms with Gasteiger partial charge in [-0.25, -0.2) is 0 Å². The van der Waals surface area contributed by atoms with E-state index in [2.05, 4.69) is 29.2 Å². The van der Waals surface area contributed by atoms with Gasteiger partial charge in [0.2, 0.25) is 5.78 Å². The van der Waals surface area contributed by atoms with Gasteiger partial charge in [0.25, 0.3) is 5.91 Å². The van der Waals surface area contributed by atoms with Crippen molar-refractivity contribution in [1.82, 2.24) is 9.80 Å². The average molecular weight is 352 g/mol. The molecule has 2 fully saturated rings. The molecule has 2 aliphatic heterocycles. The lowest BCUT2D eigenvalue weighted by Gasteiger charge is -2.37. The summed E-state index contributed by atoms with van der Waals surface area (Å²) in [4.78, 5) is 29.2. The molecule has 0 aromatic heterocycles. The average Bonchev–Trinajstić information content (AvgIpc) is 2.93. The third-order valence-electron chi connectivity index (χ3n) is 5.63. The number of ether oxygens (including phenoxy) is 1. The number of likely N-dealkylation sites (tertiary alicyclic amines) is 2. The molecule has 2 heterocycles. The fraction of sp³-hybridized carbons (Fsp3) is 0.429. The first kappa shape index (κ1) is 17.0. The molecule has 0 radical (unpaired) electrons. The van der Waals surface area contributed by atoms with Crippen molar-refractivity contribution in [2.75, 3.05) is 20.2 Å². The van der Waals surface area contributed by atoms with E-state index in [0.717, 1.165) is 43.9 Å². The Morgan fingerprint density at radius 2 is 1.85 bits per heavy atom. The van der Waals surface area contributed by atoms with Crippen molar-refractivity contribution >= 4 is 11.7 Å². The molecule has 5 nitrogen and oxygen atoms in total. The molecule has 2 saturated heterocycles. The van der Waals surface area contributed by atoms with Crippen molar-refractivity contribution in [3.63, 3.8) is 0 Å². The van der Waals surface area contributed by atoms with E-state index in [9.17, 15) is 9.59 Å². The fourth-order valence-corrected chi connectivity index (χ4v) is 4.22. The van der Waals surface area contributed by atoms with Crippen LogP contribution in [0.25, 0.3) is 0 Å². The summed E-state index contributed by atoms with van der Waals surface area (Å²) in [5.41, 5.74) is 2.14. The van der Waals surface area contributed by atoms with Gasteiger partial charge in [0.15, 0.2) is 0 Å². The van der Waals surface area contributed by atoms with Crippen molar-refractivity contribution in [2.45, 2.75) is 31.8 Å². The van der Waals surface area contributed by atoms with E-state index in [1.807, 2.05) is 18.2 Å². The Morgan fingerprint density at radius 1 is 1.12 bits per heavy atom. The summed E-state index contributed by atoms with van der Waals surface area (Å²) >= 11 is 0. The van der Waals surface area contributed by atoms with Gasteiger partial charge in [0.05, 0.1) is 13.0 Å². The maximum Gasteiger partial charge on any atom is 0.295 e. The van der Waals surface area contributed by atoms with Gasteiger partial charge in [0.1, 0.15) is 5.76 Å². The molecular weight excluding hydrogens is 328 g/mol. The first-order valence-corrected chi connectivity index (χ1v) is 9.27. The van der Waals surface area contributed by atoms with E-state index in [1.54, 1.807) is 12.0 Å². The number of nitrogens with zero attached hydrogens (tertiary/aromatic N) is 2. The highest BCUT2D eigenvalue weighted by Crippen LogP contribution is 2.37. The molecule has 5 heteroatoms. The van der Waals surface area contributed by atoms with Crippen molar-refractivity contribution in [3.8, 4) is 0 Å². The van der Waals surface area contributed by atoms with Crippen LogP contribution in [0.1, 0.15) is 24.8 Å². The number of carbonyl (C=O) groups is 2. The minimum Gasteiger partial charge on any atom is -0.497 e. The van der Waals surface area contributed by atoms with Gasteiger partial charge < -0.3 is 9.64 Å². The highest BCUT2D eigenvalue weighted by molar-refractivity contribution is 6.40. The van der Waals surface area contributed by atoms with E-state index in [-0.39, 0.29) is 23.7 Å². The van der Waals surface area contributed by atoms with Crippen LogP contribution in [0.5, 0.6) is 0 Å². The van der Waals surface area contributed by atoms with Crippen LogP contribution in [0.3, 0.4) is 0 Å². The summed E-state index contributed by atoms with van der Waals surface area (Å²) < 4.78 is 5.32. The SMILES string of the molecule is COC1=CCC2C(=O)C(=O)N(C3CCN(Cc4ccccc4)CC3)C2=C1. The van der Waals surface area contributed by atoms with Crippen molar-refractivity contribution in [3.05, 3.63) is 59.5 Å². The second kappa shape index (κ2) is 7.08. The lowest BCUT2D eigenvalue weighted by atomic mass is 9.94. The Morgan fingerprint density at radius 3 is 2.54 bits per heavy atom. The smallest absolute Gasteiger partial charge is 0.295 e. The van der Waals surface area contributed by atoms with Gasteiger partial charge in [-0.3, -0.25) is 14.5 Å². The number of hydrogen-bond donors (Lipinski definition) is 0. The maximum absolute atomic E-state index is 12.6. The Balaban J connectivity index is 1.45. The summed E-state index contributed by atoms with van der Waals surface area (Å²) in [6, 6.07) is 10.5. The normalized spacial score (nSPS) is 24.3. The van der Waals surface area contributed by atoms with Crippen molar-refractivity contribution in [2.24, 2.45) is 5.92 Å². The zero-order valence-corrected chi connectivity index (χ0v) is 15.1. The number of hydrogen-bond acceptors (Lipinski definition) is 4. The largest absolute Gasteiger partial charge is 0.497 e. The summed E-state index contributed by atoms with van der Waals surface area (Å²) in [6.07, 6.45) is 6.10. The number of benzene rings is 1. The van der Waals surface area contributed by atoms with Crippen LogP contribution >= 0.6 is 0 Å². The molecule has 1 unspecified atom stereocenters. The lowest BCUT2D eigenvalue weighted by Crippen LogP contribution is -2.45. The first-order chi connectivity index (χ1) is 12.7. The predicted molar refractivity (Wildman–Crippen MR) is 97.9 cm³/mol. The van der Waals surface area contributed by atoms with Crippen molar-refractivity contribution < 1.29 is 14.3 Å². The predicted octanol–water partition coefficient (Wildman–Crippen LogP) is 2.50. The lowest BCUT2D eigenvalue weighted by molar-refractivity contribution is -0.142. The van der Waals surface area contributed by atoms with E-state index < -0.39 is 0 Å². The number of piperidine rings is 1. The molecule has 0 bridgehead atoms. The standard InChI is InChI=1S/C21H24N2O3/c1-26-17-7-8-18-19(13-17)23(21(25)20(18)24)16-9-11-22(12-10-16)14-15-5-3-2-4-6-15/h2-7,13,16,18H,8-12,14H2,1H3. The molecule has 0 spiro atoms. The minimum absolute atomic E-state index is 0.103. The van der Waals surface area contributed by atoms with Gasteiger partial charge in [-0.2, -0.15) is 0 Å². The van der Waals surface area contributed by atoms with Gasteiger partial charge in [0, 0.05) is 37.4 Å². The van der Waals surface area contributed by atoms with Gasteiger partial charge in [-0.15, -0.1) is 0 Å². The maximum atomic E-state index is 12.6. The number of rotatable bonds is 4. The molecule has 1 atom stereocenters. The first-order valence-electron chi connectivity index (χ1n) is 9.27. The molecule has 0 saturated carbocycles. The van der Waals surface area contributed by atoms with Crippen LogP contribution in [-0.4, -0.2) is 47.7 Å². The summed E-state index contributed by atoms with van der Waals surface area (Å²) in [7, 11) is 1.62. The molecule has 136 valence electrons. The van der Waals surface area contributed by atoms with Crippen LogP contribution in [-0.2, 0) is 20.9 Å². The highest BCUT2D eigenvalue weighted by Gasteiger charge is 2.47. The highest BCUT2D eigenvalue weighted by atomic mass is 16.5. The van der Waals surface area contributed by atoms with Crippen LogP contribution < -0.4 is 0 Å². The summed E-state index contributed by atoms with van der Waals surface area (Å²) in [5.74, 6) is -0.183. The number of Topliss-reactive ketones (excluding diaryl/α,β-unsaturated/α-hetero) is 1. The zero-order valence-electron chi connectivity index (χ0n) is 15.1. The summed E-state index contributed by atoms with van der Waals surface area (Å²) in [5, 5.41) is 0. The number of methoxy groups -OCH3 is 1. The van der Waals surface area contributed by atoms with Gasteiger partial charge >= 0.3 is 0 Å². The molecule has 1 aromatic carbocycles. The van der Waals surface area contributed by atoms with Gasteiger partial charge in [-0.1, -0.05) is 30.3 Å². The molecule has 1 aliphatic carbocycles. The molecule has 0 N–H and O–H groups in total. The molecule has 26 heavy (non-hydrogen) atoms. The minimum atomic E-state index is -0.339. The number of ketones is 1. The molecule has 4 rings (SSSR count). The Labute approximate surface area is 153 Å². The van der Waals surface area contributed by atoms with E-state index in [1.165, 1.54) is 5.56 Å². The van der Waals surface area contributed by atoms with E-state index in [4.69, 9.17) is 4.74 Å². The second-order valence-corrected chi connectivity index (χ2v) is 7.20. The Bertz CT molecular complexity index is 761. The zero-order chi connectivity index (χ0) is 18.1. The molecule has 1 aromatic rings. The van der Waals surface area contributed by atoms with Crippen molar-refractivity contribution in [1.29, 1.82) is 0 Å². The monoisotopic (exact) mass is 352 g/mol. The third-order valence-corrected chi connectivity index (χ3v) is 5.63. The topological polar surface area (TPSA) is 49.9 Å². The van der Waals surface area contributed by atoms with Crippen LogP contribution in [0.2, 0.25) is 0 Å².